The minimum Gasteiger partial charge on any atom is -0.341 e. The highest BCUT2D eigenvalue weighted by atomic mass is 32.1. The van der Waals surface area contributed by atoms with E-state index in [2.05, 4.69) is 22.2 Å². The van der Waals surface area contributed by atoms with Gasteiger partial charge in [0.1, 0.15) is 5.82 Å². The first kappa shape index (κ1) is 22.0. The maximum atomic E-state index is 12.7. The summed E-state index contributed by atoms with van der Waals surface area (Å²) in [5.41, 5.74) is 9.04. The summed E-state index contributed by atoms with van der Waals surface area (Å²) in [7, 11) is 0. The molecule has 1 aliphatic heterocycles. The number of nitrogens with one attached hydrogen (secondary N) is 2. The van der Waals surface area contributed by atoms with E-state index in [1.54, 1.807) is 0 Å². The van der Waals surface area contributed by atoms with Gasteiger partial charge in [-0.3, -0.25) is 4.79 Å². The summed E-state index contributed by atoms with van der Waals surface area (Å²) in [5, 5.41) is 6.45. The lowest BCUT2D eigenvalue weighted by molar-refractivity contribution is 0.0740. The number of benzene rings is 1. The number of aryl methyl sites for hydroxylation is 1. The Kier molecular flexibility index (Phi) is 7.96. The number of carbonyl (C=O) groups excluding carboxylic acids is 1. The predicted octanol–water partition coefficient (Wildman–Crippen LogP) is 3.62. The Labute approximate surface area is 182 Å². The quantitative estimate of drug-likeness (QED) is 0.567. The number of rotatable bonds is 8. The number of hydrogen-bond acceptors (Lipinski definition) is 6. The van der Waals surface area contributed by atoms with Crippen molar-refractivity contribution in [3.05, 3.63) is 69.7 Å². The maximum Gasteiger partial charge on any atom is 0.264 e. The second-order valence-electron chi connectivity index (χ2n) is 7.14. The Balaban J connectivity index is 1.55. The minimum atomic E-state index is 0.0935. The van der Waals surface area contributed by atoms with Gasteiger partial charge in [0.15, 0.2) is 0 Å². The highest BCUT2D eigenvalue weighted by molar-refractivity contribution is 7.15. The molecule has 4 N–H and O–H groups in total. The Morgan fingerprint density at radius 2 is 2.17 bits per heavy atom. The van der Waals surface area contributed by atoms with Gasteiger partial charge in [-0.05, 0) is 42.3 Å². The molecule has 7 heteroatoms. The summed E-state index contributed by atoms with van der Waals surface area (Å²) in [6, 6.07) is 10.00. The second kappa shape index (κ2) is 10.9. The van der Waals surface area contributed by atoms with Crippen LogP contribution in [0.5, 0.6) is 0 Å². The van der Waals surface area contributed by atoms with Crippen molar-refractivity contribution in [2.45, 2.75) is 19.9 Å². The molecule has 158 valence electrons. The van der Waals surface area contributed by atoms with Crippen LogP contribution in [0.2, 0.25) is 0 Å². The van der Waals surface area contributed by atoms with Crippen LogP contribution >= 0.6 is 11.3 Å². The molecule has 1 aromatic heterocycles. The molecular formula is C23H29N5OS. The molecule has 1 aromatic carbocycles. The SMILES string of the molecule is C=C(N=CC/C=C\c1sc(C(=O)N2CCNCC2)cc1CN)Nc1cccc(C)c1. The summed E-state index contributed by atoms with van der Waals surface area (Å²) < 4.78 is 0. The molecule has 1 fully saturated rings. The summed E-state index contributed by atoms with van der Waals surface area (Å²) in [6.45, 7) is 9.58. The zero-order chi connectivity index (χ0) is 21.3. The molecule has 0 spiro atoms. The molecule has 1 saturated heterocycles. The van der Waals surface area contributed by atoms with Gasteiger partial charge in [0.2, 0.25) is 0 Å². The minimum absolute atomic E-state index is 0.0935. The van der Waals surface area contributed by atoms with Crippen LogP contribution in [-0.4, -0.2) is 43.2 Å². The van der Waals surface area contributed by atoms with Crippen molar-refractivity contribution in [1.29, 1.82) is 0 Å². The summed E-state index contributed by atoms with van der Waals surface area (Å²) in [4.78, 5) is 20.7. The van der Waals surface area contributed by atoms with Crippen LogP contribution in [0.25, 0.3) is 6.08 Å². The lowest BCUT2D eigenvalue weighted by Gasteiger charge is -2.26. The molecule has 2 aromatic rings. The highest BCUT2D eigenvalue weighted by Gasteiger charge is 2.20. The second-order valence-corrected chi connectivity index (χ2v) is 8.22. The Morgan fingerprint density at radius 3 is 2.90 bits per heavy atom. The third-order valence-corrected chi connectivity index (χ3v) is 5.87. The third kappa shape index (κ3) is 6.13. The molecule has 0 atom stereocenters. The lowest BCUT2D eigenvalue weighted by Crippen LogP contribution is -2.46. The van der Waals surface area contributed by atoms with Gasteiger partial charge in [0, 0.05) is 55.9 Å². The van der Waals surface area contributed by atoms with Crippen LogP contribution in [0.1, 0.15) is 32.1 Å². The predicted molar refractivity (Wildman–Crippen MR) is 127 cm³/mol. The van der Waals surface area contributed by atoms with Gasteiger partial charge >= 0.3 is 0 Å². The smallest absolute Gasteiger partial charge is 0.264 e. The molecule has 0 radical (unpaired) electrons. The van der Waals surface area contributed by atoms with Crippen LogP contribution in [0.15, 0.2) is 53.8 Å². The average molecular weight is 424 g/mol. The molecule has 1 amide bonds. The topological polar surface area (TPSA) is 82.8 Å². The Morgan fingerprint density at radius 1 is 1.37 bits per heavy atom. The van der Waals surface area contributed by atoms with Gasteiger partial charge in [0.05, 0.1) is 4.88 Å². The van der Waals surface area contributed by atoms with Crippen LogP contribution in [-0.2, 0) is 6.54 Å². The van der Waals surface area contributed by atoms with Gasteiger partial charge in [-0.25, -0.2) is 4.99 Å². The van der Waals surface area contributed by atoms with Crippen LogP contribution in [0.3, 0.4) is 0 Å². The van der Waals surface area contributed by atoms with Gasteiger partial charge in [-0.2, -0.15) is 0 Å². The summed E-state index contributed by atoms with van der Waals surface area (Å²) >= 11 is 1.50. The zero-order valence-electron chi connectivity index (χ0n) is 17.4. The van der Waals surface area contributed by atoms with E-state index < -0.39 is 0 Å². The number of nitrogens with zero attached hydrogens (tertiary/aromatic N) is 2. The number of amides is 1. The van der Waals surface area contributed by atoms with E-state index in [1.807, 2.05) is 60.5 Å². The van der Waals surface area contributed by atoms with Crippen LogP contribution in [0.4, 0.5) is 5.69 Å². The van der Waals surface area contributed by atoms with E-state index in [0.717, 1.165) is 47.2 Å². The Bertz CT molecular complexity index is 941. The van der Waals surface area contributed by atoms with E-state index >= 15 is 0 Å². The van der Waals surface area contributed by atoms with Crippen LogP contribution < -0.4 is 16.4 Å². The number of anilines is 1. The zero-order valence-corrected chi connectivity index (χ0v) is 18.2. The summed E-state index contributed by atoms with van der Waals surface area (Å²) in [6.07, 6.45) is 6.51. The largest absolute Gasteiger partial charge is 0.341 e. The normalized spacial score (nSPS) is 14.5. The number of allylic oxidation sites excluding steroid dienone is 1. The highest BCUT2D eigenvalue weighted by Crippen LogP contribution is 2.25. The summed E-state index contributed by atoms with van der Waals surface area (Å²) in [5.74, 6) is 0.688. The van der Waals surface area contributed by atoms with Crippen LogP contribution in [0, 0.1) is 6.92 Å². The van der Waals surface area contributed by atoms with Crippen molar-refractivity contribution < 1.29 is 4.79 Å². The van der Waals surface area contributed by atoms with Gasteiger partial charge in [-0.15, -0.1) is 11.3 Å². The van der Waals surface area contributed by atoms with E-state index in [4.69, 9.17) is 5.73 Å². The third-order valence-electron chi connectivity index (χ3n) is 4.74. The molecule has 2 heterocycles. The standard InChI is InChI=1S/C23H29N5OS/c1-17-6-5-7-20(14-17)27-18(2)26-9-4-3-8-21-19(16-24)15-22(30-21)23(29)28-12-10-25-11-13-28/h3,5-9,14-15,25,27H,2,4,10-13,16,24H2,1H3/b8-3-,26-9?. The average Bonchev–Trinajstić information content (AvgIpc) is 3.17. The lowest BCUT2D eigenvalue weighted by atomic mass is 10.2. The number of piperazine rings is 1. The van der Waals surface area contributed by atoms with Crippen molar-refractivity contribution in [3.8, 4) is 0 Å². The van der Waals surface area contributed by atoms with Gasteiger partial charge in [0.25, 0.3) is 5.91 Å². The van der Waals surface area contributed by atoms with Crippen molar-refractivity contribution in [3.63, 3.8) is 0 Å². The molecule has 0 saturated carbocycles. The van der Waals surface area contributed by atoms with E-state index in [1.165, 1.54) is 16.9 Å². The van der Waals surface area contributed by atoms with E-state index in [9.17, 15) is 4.79 Å². The molecule has 0 aliphatic carbocycles. The first-order chi connectivity index (χ1) is 14.6. The fourth-order valence-corrected chi connectivity index (χ4v) is 4.29. The van der Waals surface area contributed by atoms with Crippen molar-refractivity contribution >= 4 is 35.2 Å². The molecule has 30 heavy (non-hydrogen) atoms. The number of thiophene rings is 1. The molecular weight excluding hydrogens is 394 g/mol. The molecule has 3 rings (SSSR count). The fourth-order valence-electron chi connectivity index (χ4n) is 3.19. The van der Waals surface area contributed by atoms with Gasteiger partial charge < -0.3 is 21.3 Å². The first-order valence-electron chi connectivity index (χ1n) is 10.1. The maximum absolute atomic E-state index is 12.7. The number of carbonyl (C=O) groups is 1. The van der Waals surface area contributed by atoms with Crippen molar-refractivity contribution in [1.82, 2.24) is 10.2 Å². The molecule has 1 aliphatic rings. The monoisotopic (exact) mass is 423 g/mol. The number of aliphatic imine (C=N–C) groups is 1. The van der Waals surface area contributed by atoms with Crippen molar-refractivity contribution in [2.24, 2.45) is 10.7 Å². The van der Waals surface area contributed by atoms with E-state index in [0.29, 0.717) is 18.8 Å². The number of hydrogen-bond donors (Lipinski definition) is 3. The molecule has 0 bridgehead atoms. The molecule has 6 nitrogen and oxygen atoms in total. The van der Waals surface area contributed by atoms with E-state index in [-0.39, 0.29) is 5.91 Å². The first-order valence-corrected chi connectivity index (χ1v) is 10.9. The number of nitrogens with two attached hydrogens (primary N) is 1. The van der Waals surface area contributed by atoms with Crippen molar-refractivity contribution in [2.75, 3.05) is 31.5 Å². The van der Waals surface area contributed by atoms with Gasteiger partial charge in [-0.1, -0.05) is 24.8 Å². The Hall–Kier alpha value is -2.74. The molecule has 0 unspecified atom stereocenters. The fraction of sp³-hybridized carbons (Fsp3) is 0.304.